The van der Waals surface area contributed by atoms with E-state index in [0.717, 1.165) is 62.3 Å². The van der Waals surface area contributed by atoms with Crippen molar-refractivity contribution in [2.45, 2.75) is 64.2 Å². The lowest BCUT2D eigenvalue weighted by Crippen LogP contribution is -2.26. The first-order valence-corrected chi connectivity index (χ1v) is 17.4. The first-order valence-electron chi connectivity index (χ1n) is 15.8. The van der Waals surface area contributed by atoms with E-state index in [1.54, 1.807) is 0 Å². The maximum atomic E-state index is 13.6. The minimum atomic E-state index is -0.390. The Hall–Kier alpha value is -3.76. The average molecular weight is 749 g/mol. The first-order chi connectivity index (χ1) is 22.2. The van der Waals surface area contributed by atoms with Gasteiger partial charge in [0, 0.05) is 64.3 Å². The number of rotatable bonds is 12. The number of hydrogen-bond donors (Lipinski definition) is 2. The molecule has 4 amide bonds. The Morgan fingerprint density at radius 3 is 1.43 bits per heavy atom. The minimum Gasteiger partial charge on any atom is -0.357 e. The molecule has 0 aliphatic carbocycles. The summed E-state index contributed by atoms with van der Waals surface area (Å²) in [5.41, 5.74) is 5.21. The fraction of sp³-hybridized carbons (Fsp3) is 0.333. The summed E-state index contributed by atoms with van der Waals surface area (Å²) in [6, 6.07) is 15.5. The summed E-state index contributed by atoms with van der Waals surface area (Å²) in [6.45, 7) is 2.21. The second-order valence-electron chi connectivity index (χ2n) is 12.1. The molecule has 2 aliphatic rings. The molecule has 0 radical (unpaired) electrons. The van der Waals surface area contributed by atoms with E-state index < -0.39 is 11.8 Å². The van der Waals surface area contributed by atoms with E-state index in [-0.39, 0.29) is 26.7 Å². The van der Waals surface area contributed by atoms with Crippen molar-refractivity contribution >= 4 is 88.4 Å². The number of benzene rings is 2. The predicted octanol–water partition coefficient (Wildman–Crippen LogP) is 8.13. The number of para-hydroxylation sites is 2. The Morgan fingerprint density at radius 2 is 1.02 bits per heavy atom. The van der Waals surface area contributed by atoms with Crippen molar-refractivity contribution in [1.29, 1.82) is 0 Å². The number of unbranched alkanes of at least 4 members (excludes halogenated alkanes) is 6. The van der Waals surface area contributed by atoms with Gasteiger partial charge in [-0.2, -0.15) is 0 Å². The third kappa shape index (κ3) is 5.39. The molecule has 0 bridgehead atoms. The van der Waals surface area contributed by atoms with E-state index in [9.17, 15) is 19.2 Å². The summed E-state index contributed by atoms with van der Waals surface area (Å²) in [4.78, 5) is 62.8. The number of carbonyl (C=O) groups is 4. The highest BCUT2D eigenvalue weighted by Gasteiger charge is 2.42. The van der Waals surface area contributed by atoms with Crippen molar-refractivity contribution in [3.63, 3.8) is 0 Å². The molecule has 0 fully saturated rings. The number of amides is 4. The summed E-state index contributed by atoms with van der Waals surface area (Å²) in [7, 11) is 2.98. The van der Waals surface area contributed by atoms with E-state index in [1.165, 1.54) is 39.8 Å². The third-order valence-corrected chi connectivity index (χ3v) is 10.7. The van der Waals surface area contributed by atoms with Gasteiger partial charge in [-0.1, -0.05) is 88.3 Å². The van der Waals surface area contributed by atoms with E-state index in [1.807, 2.05) is 48.5 Å². The molecule has 6 rings (SSSR count). The Kier molecular flexibility index (Phi) is 9.21. The molecule has 8 nitrogen and oxygen atoms in total. The van der Waals surface area contributed by atoms with Crippen molar-refractivity contribution in [3.8, 4) is 0 Å². The fourth-order valence-corrected chi connectivity index (χ4v) is 8.04. The molecule has 0 saturated carbocycles. The highest BCUT2D eigenvalue weighted by atomic mass is 79.9. The van der Waals surface area contributed by atoms with Gasteiger partial charge >= 0.3 is 0 Å². The van der Waals surface area contributed by atoms with Crippen LogP contribution in [0.5, 0.6) is 0 Å². The smallest absolute Gasteiger partial charge is 0.268 e. The quantitative estimate of drug-likeness (QED) is 0.113. The lowest BCUT2D eigenvalue weighted by Gasteiger charge is -2.20. The standard InChI is InChI=1S/C36H36Br2N4O4/c1-4-5-6-7-8-9-10-17-22(31-25(20-15-11-13-18-23(20)39-31)27-29(37)35(45)41(2)33(27)43)32-26(21-16-12-14-19-24(21)40-32)28-30(38)36(46)42(3)34(28)44/h11-16,18-19,22,39-40H,4-10,17H2,1-3H3. The molecule has 0 unspecified atom stereocenters. The zero-order valence-electron chi connectivity index (χ0n) is 26.1. The molecule has 4 heterocycles. The van der Waals surface area contributed by atoms with E-state index in [2.05, 4.69) is 48.8 Å². The molecular formula is C36H36Br2N4O4. The van der Waals surface area contributed by atoms with Crippen LogP contribution in [0, 0.1) is 0 Å². The van der Waals surface area contributed by atoms with Gasteiger partial charge in [-0.15, -0.1) is 0 Å². The maximum absolute atomic E-state index is 13.6. The van der Waals surface area contributed by atoms with Crippen LogP contribution in [0.25, 0.3) is 33.0 Å². The number of carbonyl (C=O) groups excluding carboxylic acids is 4. The lowest BCUT2D eigenvalue weighted by atomic mass is 9.85. The van der Waals surface area contributed by atoms with E-state index >= 15 is 0 Å². The molecule has 4 aromatic rings. The van der Waals surface area contributed by atoms with Gasteiger partial charge in [0.05, 0.1) is 20.1 Å². The largest absolute Gasteiger partial charge is 0.357 e. The van der Waals surface area contributed by atoms with Crippen LogP contribution >= 0.6 is 31.9 Å². The molecule has 238 valence electrons. The first kappa shape index (κ1) is 32.2. The SMILES string of the molecule is CCCCCCCCCC(c1[nH]c2ccccc2c1C1=C(Br)C(=O)N(C)C1=O)c1[nH]c2ccccc2c1C1=C(Br)C(=O)N(C)C1=O. The monoisotopic (exact) mass is 746 g/mol. The van der Waals surface area contributed by atoms with Crippen molar-refractivity contribution in [3.05, 3.63) is 80.0 Å². The normalized spacial score (nSPS) is 15.9. The zero-order chi connectivity index (χ0) is 32.7. The zero-order valence-corrected chi connectivity index (χ0v) is 29.3. The second-order valence-corrected chi connectivity index (χ2v) is 13.7. The molecule has 2 aromatic carbocycles. The summed E-state index contributed by atoms with van der Waals surface area (Å²) < 4.78 is 0.447. The molecule has 2 N–H and O–H groups in total. The number of likely N-dealkylation sites (N-methyl/N-ethyl adjacent to an activating group) is 2. The minimum absolute atomic E-state index is 0.223. The highest BCUT2D eigenvalue weighted by Crippen LogP contribution is 2.47. The molecule has 0 spiro atoms. The highest BCUT2D eigenvalue weighted by molar-refractivity contribution is 9.12. The van der Waals surface area contributed by atoms with Gasteiger partial charge in [0.2, 0.25) is 0 Å². The van der Waals surface area contributed by atoms with Crippen molar-refractivity contribution in [2.24, 2.45) is 0 Å². The maximum Gasteiger partial charge on any atom is 0.268 e. The second kappa shape index (κ2) is 13.2. The van der Waals surface area contributed by atoms with Crippen LogP contribution < -0.4 is 0 Å². The van der Waals surface area contributed by atoms with Gasteiger partial charge in [-0.25, -0.2) is 0 Å². The van der Waals surface area contributed by atoms with Crippen LogP contribution in [-0.2, 0) is 19.2 Å². The van der Waals surface area contributed by atoms with Gasteiger partial charge in [0.25, 0.3) is 23.6 Å². The van der Waals surface area contributed by atoms with Crippen LogP contribution in [0.15, 0.2) is 57.5 Å². The van der Waals surface area contributed by atoms with Crippen molar-refractivity contribution in [2.75, 3.05) is 14.1 Å². The number of aromatic amines is 2. The summed E-state index contributed by atoms with van der Waals surface area (Å²) in [5, 5.41) is 1.66. The number of nitrogens with zero attached hydrogens (tertiary/aromatic N) is 2. The molecule has 46 heavy (non-hydrogen) atoms. The Balaban J connectivity index is 1.58. The van der Waals surface area contributed by atoms with Crippen LogP contribution in [0.2, 0.25) is 0 Å². The number of aromatic nitrogens is 2. The molecule has 0 atom stereocenters. The van der Waals surface area contributed by atoms with Gasteiger partial charge in [0.1, 0.15) is 0 Å². The lowest BCUT2D eigenvalue weighted by molar-refractivity contribution is -0.136. The van der Waals surface area contributed by atoms with Crippen LogP contribution in [0.3, 0.4) is 0 Å². The number of nitrogens with one attached hydrogen (secondary N) is 2. The number of hydrogen-bond acceptors (Lipinski definition) is 4. The van der Waals surface area contributed by atoms with Gasteiger partial charge in [-0.3, -0.25) is 29.0 Å². The number of imide groups is 2. The third-order valence-electron chi connectivity index (χ3n) is 9.22. The number of fused-ring (bicyclic) bond motifs is 2. The van der Waals surface area contributed by atoms with Gasteiger partial charge < -0.3 is 9.97 Å². The van der Waals surface area contributed by atoms with Crippen LogP contribution in [0.4, 0.5) is 0 Å². The van der Waals surface area contributed by atoms with Gasteiger partial charge in [-0.05, 0) is 50.4 Å². The van der Waals surface area contributed by atoms with Crippen molar-refractivity contribution in [1.82, 2.24) is 19.8 Å². The van der Waals surface area contributed by atoms with Crippen molar-refractivity contribution < 1.29 is 19.2 Å². The number of halogens is 2. The van der Waals surface area contributed by atoms with E-state index in [0.29, 0.717) is 28.7 Å². The van der Waals surface area contributed by atoms with E-state index in [4.69, 9.17) is 0 Å². The Morgan fingerprint density at radius 1 is 0.609 bits per heavy atom. The molecule has 0 saturated heterocycles. The van der Waals surface area contributed by atoms with Crippen LogP contribution in [0.1, 0.15) is 86.7 Å². The summed E-state index contributed by atoms with van der Waals surface area (Å²) in [6.07, 6.45) is 8.59. The fourth-order valence-electron chi connectivity index (χ4n) is 6.77. The molecule has 10 heteroatoms. The summed E-state index contributed by atoms with van der Waals surface area (Å²) >= 11 is 6.92. The van der Waals surface area contributed by atoms with Gasteiger partial charge in [0.15, 0.2) is 0 Å². The average Bonchev–Trinajstić information content (AvgIpc) is 3.73. The molecule has 2 aliphatic heterocycles. The number of H-pyrrole nitrogens is 2. The topological polar surface area (TPSA) is 106 Å². The molecule has 2 aromatic heterocycles. The van der Waals surface area contributed by atoms with Crippen LogP contribution in [-0.4, -0.2) is 57.5 Å². The Labute approximate surface area is 284 Å². The molecular weight excluding hydrogens is 712 g/mol. The predicted molar refractivity (Wildman–Crippen MR) is 188 cm³/mol. The Bertz CT molecular complexity index is 1830. The summed E-state index contributed by atoms with van der Waals surface area (Å²) in [5.74, 6) is -1.86.